The van der Waals surface area contributed by atoms with E-state index in [2.05, 4.69) is 20.3 Å². The van der Waals surface area contributed by atoms with Gasteiger partial charge in [0, 0.05) is 12.6 Å². The van der Waals surface area contributed by atoms with Gasteiger partial charge in [0.2, 0.25) is 5.91 Å². The van der Waals surface area contributed by atoms with Crippen molar-refractivity contribution in [1.82, 2.24) is 10.1 Å². The zero-order valence-corrected chi connectivity index (χ0v) is 16.0. The van der Waals surface area contributed by atoms with Crippen LogP contribution in [0.25, 0.3) is 0 Å². The van der Waals surface area contributed by atoms with E-state index in [9.17, 15) is 22.8 Å². The Morgan fingerprint density at radius 1 is 1.10 bits per heavy atom. The van der Waals surface area contributed by atoms with E-state index in [1.54, 1.807) is 0 Å². The van der Waals surface area contributed by atoms with E-state index < -0.39 is 23.7 Å². The predicted octanol–water partition coefficient (Wildman–Crippen LogP) is 4.75. The lowest BCUT2D eigenvalue weighted by Gasteiger charge is -2.23. The molecule has 0 atom stereocenters. The van der Waals surface area contributed by atoms with Crippen molar-refractivity contribution < 1.29 is 27.3 Å². The van der Waals surface area contributed by atoms with Crippen LogP contribution in [0, 0.1) is 0 Å². The summed E-state index contributed by atoms with van der Waals surface area (Å²) in [6, 6.07) is 5.35. The lowest BCUT2D eigenvalue weighted by molar-refractivity contribution is -0.137. The maximum absolute atomic E-state index is 13.2. The quantitative estimate of drug-likeness (QED) is 0.582. The van der Waals surface area contributed by atoms with Crippen LogP contribution in [-0.2, 0) is 11.0 Å². The molecule has 10 heteroatoms. The summed E-state index contributed by atoms with van der Waals surface area (Å²) in [5, 5.41) is 8.29. The largest absolute Gasteiger partial charge is 0.418 e. The second-order valence-electron chi connectivity index (χ2n) is 6.39. The zero-order chi connectivity index (χ0) is 21.3. The highest BCUT2D eigenvalue weighted by atomic mass is 19.4. The van der Waals surface area contributed by atoms with Crippen molar-refractivity contribution in [3.8, 4) is 0 Å². The molecule has 29 heavy (non-hydrogen) atoms. The SMILES string of the molecule is CCCCCCN(CC(=O)Nc1ccon1)C(=O)Nc1ccccc1C(F)(F)F. The highest BCUT2D eigenvalue weighted by Crippen LogP contribution is 2.34. The number of hydrogen-bond acceptors (Lipinski definition) is 4. The Morgan fingerprint density at radius 2 is 1.86 bits per heavy atom. The number of nitrogens with one attached hydrogen (secondary N) is 2. The Balaban J connectivity index is 2.08. The van der Waals surface area contributed by atoms with Crippen molar-refractivity contribution in [2.45, 2.75) is 38.8 Å². The summed E-state index contributed by atoms with van der Waals surface area (Å²) < 4.78 is 44.1. The van der Waals surface area contributed by atoms with Crippen molar-refractivity contribution >= 4 is 23.4 Å². The summed E-state index contributed by atoms with van der Waals surface area (Å²) in [7, 11) is 0. The predicted molar refractivity (Wildman–Crippen MR) is 101 cm³/mol. The number of nitrogens with zero attached hydrogens (tertiary/aromatic N) is 2. The summed E-state index contributed by atoms with van der Waals surface area (Å²) in [5.74, 6) is -0.350. The van der Waals surface area contributed by atoms with Crippen LogP contribution in [-0.4, -0.2) is 35.1 Å². The van der Waals surface area contributed by atoms with Gasteiger partial charge >= 0.3 is 12.2 Å². The molecule has 0 aliphatic heterocycles. The lowest BCUT2D eigenvalue weighted by atomic mass is 10.1. The van der Waals surface area contributed by atoms with Crippen LogP contribution < -0.4 is 10.6 Å². The fourth-order valence-corrected chi connectivity index (χ4v) is 2.65. The number of halogens is 3. The Hall–Kier alpha value is -3.04. The Kier molecular flexibility index (Phi) is 8.05. The number of rotatable bonds is 9. The Morgan fingerprint density at radius 3 is 2.52 bits per heavy atom. The highest BCUT2D eigenvalue weighted by molar-refractivity contribution is 5.96. The van der Waals surface area contributed by atoms with Crippen LogP contribution in [0.4, 0.5) is 29.5 Å². The molecule has 0 aliphatic carbocycles. The monoisotopic (exact) mass is 412 g/mol. The third kappa shape index (κ3) is 7.13. The summed E-state index contributed by atoms with van der Waals surface area (Å²) in [4.78, 5) is 26.0. The van der Waals surface area contributed by atoms with E-state index in [1.165, 1.54) is 35.4 Å². The van der Waals surface area contributed by atoms with Crippen LogP contribution in [0.3, 0.4) is 0 Å². The molecule has 0 bridgehead atoms. The smallest absolute Gasteiger partial charge is 0.363 e. The molecule has 0 radical (unpaired) electrons. The molecule has 158 valence electrons. The molecule has 1 heterocycles. The molecule has 7 nitrogen and oxygen atoms in total. The summed E-state index contributed by atoms with van der Waals surface area (Å²) in [6.45, 7) is 1.93. The number of benzene rings is 1. The standard InChI is InChI=1S/C19H23F3N4O3/c1-2-3-4-7-11-26(13-17(27)24-16-10-12-29-25-16)18(28)23-15-9-6-5-8-14(15)19(20,21)22/h5-6,8-10,12H,2-4,7,11,13H2,1H3,(H,23,28)(H,24,25,27). The lowest BCUT2D eigenvalue weighted by Crippen LogP contribution is -2.41. The minimum absolute atomic E-state index is 0.184. The summed E-state index contributed by atoms with van der Waals surface area (Å²) in [5.41, 5.74) is -1.31. The van der Waals surface area contributed by atoms with Crippen LogP contribution in [0.5, 0.6) is 0 Å². The third-order valence-corrected chi connectivity index (χ3v) is 4.08. The number of carbonyl (C=O) groups is 2. The second-order valence-corrected chi connectivity index (χ2v) is 6.39. The van der Waals surface area contributed by atoms with Crippen molar-refractivity contribution in [1.29, 1.82) is 0 Å². The number of urea groups is 1. The molecule has 0 unspecified atom stereocenters. The molecule has 3 amide bonds. The number of alkyl halides is 3. The van der Waals surface area contributed by atoms with Gasteiger partial charge in [-0.2, -0.15) is 13.2 Å². The maximum Gasteiger partial charge on any atom is 0.418 e. The van der Waals surface area contributed by atoms with Crippen molar-refractivity contribution in [2.75, 3.05) is 23.7 Å². The first-order valence-electron chi connectivity index (χ1n) is 9.23. The fraction of sp³-hybridized carbons (Fsp3) is 0.421. The van der Waals surface area contributed by atoms with E-state index in [0.29, 0.717) is 6.42 Å². The molecule has 0 aliphatic rings. The number of amides is 3. The van der Waals surface area contributed by atoms with Crippen LogP contribution >= 0.6 is 0 Å². The van der Waals surface area contributed by atoms with Crippen LogP contribution in [0.1, 0.15) is 38.2 Å². The van der Waals surface area contributed by atoms with Crippen molar-refractivity contribution in [3.05, 3.63) is 42.2 Å². The first-order valence-corrected chi connectivity index (χ1v) is 9.23. The van der Waals surface area contributed by atoms with Gasteiger partial charge in [0.1, 0.15) is 12.8 Å². The highest BCUT2D eigenvalue weighted by Gasteiger charge is 2.34. The van der Waals surface area contributed by atoms with E-state index >= 15 is 0 Å². The van der Waals surface area contributed by atoms with E-state index in [1.807, 2.05) is 6.92 Å². The zero-order valence-electron chi connectivity index (χ0n) is 16.0. The molecular formula is C19H23F3N4O3. The molecule has 0 saturated heterocycles. The van der Waals surface area contributed by atoms with Crippen molar-refractivity contribution in [3.63, 3.8) is 0 Å². The van der Waals surface area contributed by atoms with E-state index in [-0.39, 0.29) is 24.6 Å². The molecule has 0 fully saturated rings. The second kappa shape index (κ2) is 10.5. The average Bonchev–Trinajstić information content (AvgIpc) is 3.16. The molecule has 0 spiro atoms. The van der Waals surface area contributed by atoms with Gasteiger partial charge in [0.25, 0.3) is 0 Å². The van der Waals surface area contributed by atoms with Gasteiger partial charge in [-0.1, -0.05) is 43.5 Å². The first-order chi connectivity index (χ1) is 13.8. The number of aromatic nitrogens is 1. The normalized spacial score (nSPS) is 11.2. The van der Waals surface area contributed by atoms with Gasteiger partial charge < -0.3 is 20.1 Å². The summed E-state index contributed by atoms with van der Waals surface area (Å²) >= 11 is 0. The van der Waals surface area contributed by atoms with Gasteiger partial charge in [-0.15, -0.1) is 0 Å². The topological polar surface area (TPSA) is 87.5 Å². The van der Waals surface area contributed by atoms with Gasteiger partial charge in [0.15, 0.2) is 5.82 Å². The molecular weight excluding hydrogens is 389 g/mol. The van der Waals surface area contributed by atoms with Crippen molar-refractivity contribution in [2.24, 2.45) is 0 Å². The molecule has 0 saturated carbocycles. The first kappa shape index (κ1) is 22.3. The summed E-state index contributed by atoms with van der Waals surface area (Å²) in [6.07, 6.45) is 0.0676. The fourth-order valence-electron chi connectivity index (χ4n) is 2.65. The van der Waals surface area contributed by atoms with E-state index in [4.69, 9.17) is 0 Å². The van der Waals surface area contributed by atoms with Crippen LogP contribution in [0.15, 0.2) is 41.1 Å². The minimum atomic E-state index is -4.61. The molecule has 2 N–H and O–H groups in total. The van der Waals surface area contributed by atoms with Gasteiger partial charge in [-0.05, 0) is 18.6 Å². The molecule has 1 aromatic carbocycles. The van der Waals surface area contributed by atoms with Gasteiger partial charge in [-0.3, -0.25) is 4.79 Å². The number of para-hydroxylation sites is 1. The molecule has 1 aromatic heterocycles. The maximum atomic E-state index is 13.2. The Labute approximate surface area is 166 Å². The van der Waals surface area contributed by atoms with Crippen LogP contribution in [0.2, 0.25) is 0 Å². The Bertz CT molecular complexity index is 794. The molecule has 2 aromatic rings. The van der Waals surface area contributed by atoms with Gasteiger partial charge in [-0.25, -0.2) is 4.79 Å². The number of unbranched alkanes of at least 4 members (excludes halogenated alkanes) is 3. The number of anilines is 2. The minimum Gasteiger partial charge on any atom is -0.363 e. The third-order valence-electron chi connectivity index (χ3n) is 4.08. The van der Waals surface area contributed by atoms with Gasteiger partial charge in [0.05, 0.1) is 11.3 Å². The number of hydrogen-bond donors (Lipinski definition) is 2. The molecule has 2 rings (SSSR count). The average molecular weight is 412 g/mol. The number of carbonyl (C=O) groups excluding carboxylic acids is 2. The van der Waals surface area contributed by atoms with E-state index in [0.717, 1.165) is 25.3 Å².